The lowest BCUT2D eigenvalue weighted by atomic mass is 10.2. The lowest BCUT2D eigenvalue weighted by molar-refractivity contribution is 0.211. The van der Waals surface area contributed by atoms with Crippen molar-refractivity contribution in [1.82, 2.24) is 14.8 Å². The Morgan fingerprint density at radius 3 is 2.68 bits per heavy atom. The molecule has 0 radical (unpaired) electrons. The zero-order valence-corrected chi connectivity index (χ0v) is 16.1. The Balaban J connectivity index is 1.69. The van der Waals surface area contributed by atoms with Crippen molar-refractivity contribution >= 4 is 35.0 Å². The highest BCUT2D eigenvalue weighted by molar-refractivity contribution is 7.98. The van der Waals surface area contributed by atoms with E-state index in [0.29, 0.717) is 10.8 Å². The van der Waals surface area contributed by atoms with Crippen LogP contribution in [-0.4, -0.2) is 14.8 Å². The Labute approximate surface area is 161 Å². The Hall–Kier alpha value is -1.69. The summed E-state index contributed by atoms with van der Waals surface area (Å²) in [7, 11) is 1.93. The zero-order chi connectivity index (χ0) is 17.8. The fourth-order valence-corrected chi connectivity index (χ4v) is 3.74. The summed E-state index contributed by atoms with van der Waals surface area (Å²) in [6, 6.07) is 15.1. The molecule has 0 aliphatic carbocycles. The van der Waals surface area contributed by atoms with E-state index < -0.39 is 0 Å². The third kappa shape index (κ3) is 4.48. The molecule has 1 atom stereocenters. The summed E-state index contributed by atoms with van der Waals surface area (Å²) < 4.78 is 7.86. The van der Waals surface area contributed by atoms with Gasteiger partial charge in [0.2, 0.25) is 0 Å². The number of ether oxygens (including phenoxy) is 1. The predicted molar refractivity (Wildman–Crippen MR) is 103 cm³/mol. The second-order valence-electron chi connectivity index (χ2n) is 5.50. The van der Waals surface area contributed by atoms with Gasteiger partial charge >= 0.3 is 0 Å². The summed E-state index contributed by atoms with van der Waals surface area (Å²) in [4.78, 5) is 0. The summed E-state index contributed by atoms with van der Waals surface area (Å²) in [5.41, 5.74) is 1.07. The SMILES string of the molecule is CC(Oc1cccc(Cl)c1)c1nnc(SCc2ccccc2Cl)n1C. The van der Waals surface area contributed by atoms with E-state index in [9.17, 15) is 0 Å². The quantitative estimate of drug-likeness (QED) is 0.514. The van der Waals surface area contributed by atoms with Crippen LogP contribution >= 0.6 is 35.0 Å². The minimum atomic E-state index is -0.245. The minimum Gasteiger partial charge on any atom is -0.483 e. The van der Waals surface area contributed by atoms with Crippen molar-refractivity contribution in [2.75, 3.05) is 0 Å². The molecule has 0 N–H and O–H groups in total. The van der Waals surface area contributed by atoms with Crippen LogP contribution in [0.5, 0.6) is 5.75 Å². The molecule has 4 nitrogen and oxygen atoms in total. The highest BCUT2D eigenvalue weighted by Gasteiger charge is 2.17. The third-order valence-corrected chi connectivity index (χ3v) is 5.33. The maximum absolute atomic E-state index is 6.20. The highest BCUT2D eigenvalue weighted by atomic mass is 35.5. The fraction of sp³-hybridized carbons (Fsp3) is 0.222. The van der Waals surface area contributed by atoms with Crippen LogP contribution in [-0.2, 0) is 12.8 Å². The van der Waals surface area contributed by atoms with Crippen molar-refractivity contribution < 1.29 is 4.74 Å². The number of thioether (sulfide) groups is 1. The fourth-order valence-electron chi connectivity index (χ4n) is 2.36. The predicted octanol–water partition coefficient (Wildman–Crippen LogP) is 5.55. The van der Waals surface area contributed by atoms with E-state index in [2.05, 4.69) is 10.2 Å². The number of hydrogen-bond acceptors (Lipinski definition) is 4. The summed E-state index contributed by atoms with van der Waals surface area (Å²) in [5.74, 6) is 2.18. The van der Waals surface area contributed by atoms with Crippen LogP contribution in [0, 0.1) is 0 Å². The normalized spacial score (nSPS) is 12.2. The van der Waals surface area contributed by atoms with E-state index >= 15 is 0 Å². The van der Waals surface area contributed by atoms with Crippen LogP contribution in [0.15, 0.2) is 53.7 Å². The van der Waals surface area contributed by atoms with Crippen molar-refractivity contribution in [3.05, 3.63) is 70.0 Å². The lowest BCUT2D eigenvalue weighted by Crippen LogP contribution is -2.10. The molecule has 0 bridgehead atoms. The molecule has 7 heteroatoms. The smallest absolute Gasteiger partial charge is 0.191 e. The van der Waals surface area contributed by atoms with Gasteiger partial charge in [0.05, 0.1) is 0 Å². The molecule has 0 amide bonds. The van der Waals surface area contributed by atoms with Crippen LogP contribution in [0.25, 0.3) is 0 Å². The highest BCUT2D eigenvalue weighted by Crippen LogP contribution is 2.28. The summed E-state index contributed by atoms with van der Waals surface area (Å²) in [6.07, 6.45) is -0.245. The molecule has 1 unspecified atom stereocenters. The third-order valence-electron chi connectivity index (χ3n) is 3.66. The molecule has 0 spiro atoms. The first-order valence-corrected chi connectivity index (χ1v) is 9.46. The number of benzene rings is 2. The monoisotopic (exact) mass is 393 g/mol. The van der Waals surface area contributed by atoms with E-state index in [1.807, 2.05) is 61.0 Å². The molecule has 25 heavy (non-hydrogen) atoms. The summed E-state index contributed by atoms with van der Waals surface area (Å²) >= 11 is 13.8. The standard InChI is InChI=1S/C18H17Cl2N3OS/c1-12(24-15-8-5-7-14(19)10-15)17-21-22-18(23(17)2)25-11-13-6-3-4-9-16(13)20/h3-10,12H,11H2,1-2H3. The van der Waals surface area contributed by atoms with Crippen molar-refractivity contribution in [3.8, 4) is 5.75 Å². The van der Waals surface area contributed by atoms with Gasteiger partial charge in [-0.3, -0.25) is 0 Å². The Morgan fingerprint density at radius 2 is 1.92 bits per heavy atom. The molecule has 1 heterocycles. The number of hydrogen-bond donors (Lipinski definition) is 0. The van der Waals surface area contributed by atoms with Gasteiger partial charge in [0.15, 0.2) is 17.1 Å². The van der Waals surface area contributed by atoms with Crippen molar-refractivity contribution in [3.63, 3.8) is 0 Å². The number of rotatable bonds is 6. The second-order valence-corrected chi connectivity index (χ2v) is 7.28. The number of aromatic nitrogens is 3. The van der Waals surface area contributed by atoms with Crippen LogP contribution < -0.4 is 4.74 Å². The molecule has 130 valence electrons. The van der Waals surface area contributed by atoms with E-state index in [4.69, 9.17) is 27.9 Å². The zero-order valence-electron chi connectivity index (χ0n) is 13.8. The molecule has 3 aromatic rings. The average Bonchev–Trinajstić information content (AvgIpc) is 2.95. The maximum Gasteiger partial charge on any atom is 0.191 e. The van der Waals surface area contributed by atoms with Gasteiger partial charge in [-0.05, 0) is 36.8 Å². The first-order valence-electron chi connectivity index (χ1n) is 7.72. The van der Waals surface area contributed by atoms with Crippen LogP contribution in [0.4, 0.5) is 0 Å². The second kappa shape index (κ2) is 8.13. The van der Waals surface area contributed by atoms with Crippen LogP contribution in [0.1, 0.15) is 24.4 Å². The Morgan fingerprint density at radius 1 is 1.12 bits per heavy atom. The maximum atomic E-state index is 6.20. The van der Waals surface area contributed by atoms with Crippen molar-refractivity contribution in [1.29, 1.82) is 0 Å². The molecule has 1 aromatic heterocycles. The van der Waals surface area contributed by atoms with Crippen molar-refractivity contribution in [2.24, 2.45) is 7.05 Å². The van der Waals surface area contributed by atoms with Gasteiger partial charge in [0, 0.05) is 22.8 Å². The molecule has 0 saturated carbocycles. The molecule has 0 saturated heterocycles. The Kier molecular flexibility index (Phi) is 5.89. The first kappa shape index (κ1) is 18.1. The van der Waals surface area contributed by atoms with Gasteiger partial charge in [0.1, 0.15) is 5.75 Å². The summed E-state index contributed by atoms with van der Waals surface area (Å²) in [6.45, 7) is 1.94. The largest absolute Gasteiger partial charge is 0.483 e. The minimum absolute atomic E-state index is 0.245. The first-order chi connectivity index (χ1) is 12.0. The van der Waals surface area contributed by atoms with E-state index in [0.717, 1.165) is 27.3 Å². The van der Waals surface area contributed by atoms with Gasteiger partial charge in [-0.25, -0.2) is 0 Å². The molecule has 3 rings (SSSR count). The summed E-state index contributed by atoms with van der Waals surface area (Å²) in [5, 5.41) is 10.8. The van der Waals surface area contributed by atoms with Crippen LogP contribution in [0.2, 0.25) is 10.0 Å². The van der Waals surface area contributed by atoms with E-state index in [1.165, 1.54) is 0 Å². The average molecular weight is 394 g/mol. The van der Waals surface area contributed by atoms with Gasteiger partial charge < -0.3 is 9.30 Å². The van der Waals surface area contributed by atoms with Gasteiger partial charge in [0.25, 0.3) is 0 Å². The van der Waals surface area contributed by atoms with Crippen molar-refractivity contribution in [2.45, 2.75) is 23.9 Å². The topological polar surface area (TPSA) is 39.9 Å². The van der Waals surface area contributed by atoms with Gasteiger partial charge in [-0.2, -0.15) is 0 Å². The van der Waals surface area contributed by atoms with E-state index in [-0.39, 0.29) is 6.10 Å². The Bertz CT molecular complexity index is 869. The van der Waals surface area contributed by atoms with E-state index in [1.54, 1.807) is 17.8 Å². The molecule has 0 aliphatic heterocycles. The van der Waals surface area contributed by atoms with Crippen LogP contribution in [0.3, 0.4) is 0 Å². The molecule has 0 fully saturated rings. The number of nitrogens with zero attached hydrogens (tertiary/aromatic N) is 3. The number of halogens is 2. The molecular weight excluding hydrogens is 377 g/mol. The molecular formula is C18H17Cl2N3OS. The van der Waals surface area contributed by atoms with Gasteiger partial charge in [-0.15, -0.1) is 10.2 Å². The molecule has 2 aromatic carbocycles. The lowest BCUT2D eigenvalue weighted by Gasteiger charge is -2.14. The van der Waals surface area contributed by atoms with Gasteiger partial charge in [-0.1, -0.05) is 59.2 Å². The molecule has 0 aliphatic rings.